The van der Waals surface area contributed by atoms with Crippen LogP contribution < -0.4 is 5.73 Å². The summed E-state index contributed by atoms with van der Waals surface area (Å²) >= 11 is 0. The summed E-state index contributed by atoms with van der Waals surface area (Å²) in [4.78, 5) is 4.49. The molecular weight excluding hydrogens is 258 g/mol. The fourth-order valence-electron chi connectivity index (χ4n) is 2.38. The highest BCUT2D eigenvalue weighted by molar-refractivity contribution is 5.56. The van der Waals surface area contributed by atoms with Crippen LogP contribution in [0.5, 0.6) is 0 Å². The first-order valence-corrected chi connectivity index (χ1v) is 7.12. The van der Waals surface area contributed by atoms with Gasteiger partial charge in [-0.05, 0) is 18.1 Å². The van der Waals surface area contributed by atoms with Crippen LogP contribution in [-0.4, -0.2) is 9.55 Å². The first-order valence-electron chi connectivity index (χ1n) is 7.12. The van der Waals surface area contributed by atoms with E-state index in [4.69, 9.17) is 5.73 Å². The molecule has 0 saturated heterocycles. The number of rotatable bonds is 4. The Bertz CT molecular complexity index is 709. The van der Waals surface area contributed by atoms with E-state index in [1.807, 2.05) is 12.4 Å². The summed E-state index contributed by atoms with van der Waals surface area (Å²) in [7, 11) is 0. The molecule has 0 bridgehead atoms. The van der Waals surface area contributed by atoms with Crippen LogP contribution in [0.1, 0.15) is 16.7 Å². The molecule has 0 aliphatic rings. The lowest BCUT2D eigenvalue weighted by Crippen LogP contribution is -2.02. The number of imidazole rings is 1. The maximum atomic E-state index is 5.63. The number of benzene rings is 2. The molecule has 2 N–H and O–H groups in total. The molecule has 0 saturated carbocycles. The molecule has 0 fully saturated rings. The van der Waals surface area contributed by atoms with Gasteiger partial charge < -0.3 is 10.3 Å². The molecule has 3 nitrogen and oxygen atoms in total. The molecule has 21 heavy (non-hydrogen) atoms. The molecule has 0 radical (unpaired) electrons. The quantitative estimate of drug-likeness (QED) is 0.794. The van der Waals surface area contributed by atoms with Crippen molar-refractivity contribution in [3.63, 3.8) is 0 Å². The standard InChI is InChI=1S/C18H19N3/c1-14-2-8-17(9-3-14)18-20-10-11-21(18)13-16-6-4-15(12-19)5-7-16/h2-11H,12-13,19H2,1H3. The van der Waals surface area contributed by atoms with Crippen molar-refractivity contribution in [2.24, 2.45) is 5.73 Å². The lowest BCUT2D eigenvalue weighted by Gasteiger charge is -2.09. The van der Waals surface area contributed by atoms with Gasteiger partial charge in [0.1, 0.15) is 5.82 Å². The topological polar surface area (TPSA) is 43.8 Å². The second-order valence-corrected chi connectivity index (χ2v) is 5.27. The van der Waals surface area contributed by atoms with E-state index in [1.54, 1.807) is 0 Å². The Morgan fingerprint density at radius 2 is 1.62 bits per heavy atom. The summed E-state index contributed by atoms with van der Waals surface area (Å²) in [6.45, 7) is 3.49. The van der Waals surface area contributed by atoms with Gasteiger partial charge in [-0.1, -0.05) is 54.1 Å². The third kappa shape index (κ3) is 3.03. The van der Waals surface area contributed by atoms with Gasteiger partial charge in [0.2, 0.25) is 0 Å². The Morgan fingerprint density at radius 3 is 2.29 bits per heavy atom. The van der Waals surface area contributed by atoms with E-state index in [2.05, 4.69) is 65.0 Å². The zero-order valence-electron chi connectivity index (χ0n) is 12.2. The monoisotopic (exact) mass is 277 g/mol. The Hall–Kier alpha value is -2.39. The summed E-state index contributed by atoms with van der Waals surface area (Å²) in [5, 5.41) is 0. The van der Waals surface area contributed by atoms with Crippen LogP contribution in [-0.2, 0) is 13.1 Å². The van der Waals surface area contributed by atoms with Crippen LogP contribution >= 0.6 is 0 Å². The van der Waals surface area contributed by atoms with Crippen molar-refractivity contribution in [3.05, 3.63) is 77.6 Å². The number of hydrogen-bond acceptors (Lipinski definition) is 2. The van der Waals surface area contributed by atoms with E-state index in [0.29, 0.717) is 6.54 Å². The molecule has 3 rings (SSSR count). The van der Waals surface area contributed by atoms with Gasteiger partial charge in [0, 0.05) is 31.0 Å². The summed E-state index contributed by atoms with van der Waals surface area (Å²) in [6.07, 6.45) is 3.87. The lowest BCUT2D eigenvalue weighted by atomic mass is 10.1. The minimum atomic E-state index is 0.583. The Morgan fingerprint density at radius 1 is 0.952 bits per heavy atom. The molecule has 106 valence electrons. The number of aromatic nitrogens is 2. The van der Waals surface area contributed by atoms with Crippen LogP contribution in [0.3, 0.4) is 0 Å². The fraction of sp³-hybridized carbons (Fsp3) is 0.167. The molecular formula is C18H19N3. The van der Waals surface area contributed by atoms with E-state index in [-0.39, 0.29) is 0 Å². The van der Waals surface area contributed by atoms with Crippen molar-refractivity contribution < 1.29 is 0 Å². The van der Waals surface area contributed by atoms with Gasteiger partial charge in [-0.15, -0.1) is 0 Å². The molecule has 0 aliphatic heterocycles. The highest BCUT2D eigenvalue weighted by Gasteiger charge is 2.06. The third-order valence-electron chi connectivity index (χ3n) is 3.64. The summed E-state index contributed by atoms with van der Waals surface area (Å²) < 4.78 is 2.17. The lowest BCUT2D eigenvalue weighted by molar-refractivity contribution is 0.806. The first kappa shape index (κ1) is 13.6. The van der Waals surface area contributed by atoms with Gasteiger partial charge in [0.15, 0.2) is 0 Å². The molecule has 0 spiro atoms. The highest BCUT2D eigenvalue weighted by atomic mass is 15.1. The van der Waals surface area contributed by atoms with Crippen molar-refractivity contribution in [1.82, 2.24) is 9.55 Å². The fourth-order valence-corrected chi connectivity index (χ4v) is 2.38. The van der Waals surface area contributed by atoms with Gasteiger partial charge in [0.05, 0.1) is 0 Å². The average molecular weight is 277 g/mol. The van der Waals surface area contributed by atoms with Crippen LogP contribution in [0.15, 0.2) is 60.9 Å². The van der Waals surface area contributed by atoms with Crippen molar-refractivity contribution in [1.29, 1.82) is 0 Å². The maximum Gasteiger partial charge on any atom is 0.140 e. The smallest absolute Gasteiger partial charge is 0.140 e. The number of aryl methyl sites for hydroxylation is 1. The third-order valence-corrected chi connectivity index (χ3v) is 3.64. The van der Waals surface area contributed by atoms with Crippen molar-refractivity contribution >= 4 is 0 Å². The summed E-state index contributed by atoms with van der Waals surface area (Å²) in [5.41, 5.74) is 10.4. The van der Waals surface area contributed by atoms with E-state index in [0.717, 1.165) is 23.5 Å². The number of nitrogens with two attached hydrogens (primary N) is 1. The minimum Gasteiger partial charge on any atom is -0.327 e. The van der Waals surface area contributed by atoms with Gasteiger partial charge in [-0.25, -0.2) is 4.98 Å². The Balaban J connectivity index is 1.86. The largest absolute Gasteiger partial charge is 0.327 e. The van der Waals surface area contributed by atoms with Gasteiger partial charge >= 0.3 is 0 Å². The molecule has 1 heterocycles. The average Bonchev–Trinajstić information content (AvgIpc) is 2.97. The van der Waals surface area contributed by atoms with Crippen LogP contribution in [0, 0.1) is 6.92 Å². The van der Waals surface area contributed by atoms with E-state index in [9.17, 15) is 0 Å². The summed E-state index contributed by atoms with van der Waals surface area (Å²) in [5.74, 6) is 0.998. The highest BCUT2D eigenvalue weighted by Crippen LogP contribution is 2.19. The normalized spacial score (nSPS) is 10.8. The number of hydrogen-bond donors (Lipinski definition) is 1. The second kappa shape index (κ2) is 5.94. The van der Waals surface area contributed by atoms with Crippen molar-refractivity contribution in [3.8, 4) is 11.4 Å². The minimum absolute atomic E-state index is 0.583. The molecule has 0 unspecified atom stereocenters. The van der Waals surface area contributed by atoms with Crippen molar-refractivity contribution in [2.45, 2.75) is 20.0 Å². The molecule has 0 atom stereocenters. The number of nitrogens with zero attached hydrogens (tertiary/aromatic N) is 2. The van der Waals surface area contributed by atoms with Crippen molar-refractivity contribution in [2.75, 3.05) is 0 Å². The molecule has 2 aromatic carbocycles. The van der Waals surface area contributed by atoms with Crippen LogP contribution in [0.2, 0.25) is 0 Å². The molecule has 1 aromatic heterocycles. The Kier molecular flexibility index (Phi) is 3.84. The van der Waals surface area contributed by atoms with E-state index >= 15 is 0 Å². The predicted molar refractivity (Wildman–Crippen MR) is 85.8 cm³/mol. The zero-order chi connectivity index (χ0) is 14.7. The van der Waals surface area contributed by atoms with Gasteiger partial charge in [0.25, 0.3) is 0 Å². The van der Waals surface area contributed by atoms with Gasteiger partial charge in [-0.2, -0.15) is 0 Å². The molecule has 0 aliphatic carbocycles. The van der Waals surface area contributed by atoms with E-state index in [1.165, 1.54) is 11.1 Å². The Labute approximate surface area is 125 Å². The maximum absolute atomic E-state index is 5.63. The molecule has 3 aromatic rings. The SMILES string of the molecule is Cc1ccc(-c2nccn2Cc2ccc(CN)cc2)cc1. The first-order chi connectivity index (χ1) is 10.3. The summed E-state index contributed by atoms with van der Waals surface area (Å²) in [6, 6.07) is 16.9. The second-order valence-electron chi connectivity index (χ2n) is 5.27. The van der Waals surface area contributed by atoms with Crippen LogP contribution in [0.25, 0.3) is 11.4 Å². The van der Waals surface area contributed by atoms with Crippen LogP contribution in [0.4, 0.5) is 0 Å². The predicted octanol–water partition coefficient (Wildman–Crippen LogP) is 3.37. The van der Waals surface area contributed by atoms with Gasteiger partial charge in [-0.3, -0.25) is 0 Å². The zero-order valence-corrected chi connectivity index (χ0v) is 12.2. The molecule has 0 amide bonds. The molecule has 3 heteroatoms. The van der Waals surface area contributed by atoms with E-state index < -0.39 is 0 Å².